The lowest BCUT2D eigenvalue weighted by Crippen LogP contribution is -2.31. The number of hydrogen-bond acceptors (Lipinski definition) is 3. The van der Waals surface area contributed by atoms with Crippen molar-refractivity contribution < 1.29 is 9.18 Å². The number of nitrogens with zero attached hydrogens (tertiary/aromatic N) is 3. The molecule has 1 aromatic carbocycles. The van der Waals surface area contributed by atoms with Crippen molar-refractivity contribution in [1.82, 2.24) is 20.1 Å². The molecule has 7 heteroatoms. The molecule has 0 radical (unpaired) electrons. The highest BCUT2D eigenvalue weighted by Gasteiger charge is 2.07. The fourth-order valence-electron chi connectivity index (χ4n) is 2.38. The van der Waals surface area contributed by atoms with Crippen molar-refractivity contribution in [2.45, 2.75) is 13.5 Å². The molecule has 0 saturated heterocycles. The Kier molecular flexibility index (Phi) is 5.03. The predicted octanol–water partition coefficient (Wildman–Crippen LogP) is 3.21. The van der Waals surface area contributed by atoms with Gasteiger partial charge < -0.3 is 10.6 Å². The highest BCUT2D eigenvalue weighted by molar-refractivity contribution is 5.89. The van der Waals surface area contributed by atoms with Crippen molar-refractivity contribution in [3.05, 3.63) is 66.4 Å². The smallest absolute Gasteiger partial charge is 0.319 e. The Morgan fingerprint density at radius 1 is 1.24 bits per heavy atom. The number of halogens is 1. The van der Waals surface area contributed by atoms with Gasteiger partial charge in [0, 0.05) is 35.9 Å². The van der Waals surface area contributed by atoms with Gasteiger partial charge in [-0.25, -0.2) is 9.18 Å². The minimum absolute atomic E-state index is 0.343. The van der Waals surface area contributed by atoms with Crippen LogP contribution < -0.4 is 10.6 Å². The zero-order valence-corrected chi connectivity index (χ0v) is 13.7. The highest BCUT2D eigenvalue weighted by Crippen LogP contribution is 2.17. The number of urea groups is 1. The molecule has 2 N–H and O–H groups in total. The molecule has 0 aliphatic rings. The van der Waals surface area contributed by atoms with Crippen LogP contribution in [0.15, 0.2) is 54.9 Å². The van der Waals surface area contributed by atoms with E-state index in [1.165, 1.54) is 24.3 Å². The van der Waals surface area contributed by atoms with Gasteiger partial charge in [0.25, 0.3) is 0 Å². The first-order valence-corrected chi connectivity index (χ1v) is 7.87. The molecule has 2 heterocycles. The van der Waals surface area contributed by atoms with Crippen LogP contribution in [-0.4, -0.2) is 27.3 Å². The Labute approximate surface area is 144 Å². The standard InChI is InChI=1S/C18H18FN5O/c1-13-11-17(14-3-2-8-20-12-14)23-24(13)10-9-21-18(25)22-16-6-4-15(19)5-7-16/h2-8,11-12H,9-10H2,1H3,(H2,21,22,25). The lowest BCUT2D eigenvalue weighted by atomic mass is 10.2. The maximum atomic E-state index is 12.8. The zero-order valence-electron chi connectivity index (χ0n) is 13.7. The first-order chi connectivity index (χ1) is 12.1. The first-order valence-electron chi connectivity index (χ1n) is 7.87. The number of benzene rings is 1. The third-order valence-electron chi connectivity index (χ3n) is 3.65. The monoisotopic (exact) mass is 339 g/mol. The van der Waals surface area contributed by atoms with Gasteiger partial charge in [0.2, 0.25) is 0 Å². The van der Waals surface area contributed by atoms with Crippen LogP contribution in [0.4, 0.5) is 14.9 Å². The molecule has 3 aromatic rings. The van der Waals surface area contributed by atoms with Crippen LogP contribution in [0.2, 0.25) is 0 Å². The highest BCUT2D eigenvalue weighted by atomic mass is 19.1. The van der Waals surface area contributed by atoms with Crippen molar-refractivity contribution in [2.75, 3.05) is 11.9 Å². The quantitative estimate of drug-likeness (QED) is 0.750. The summed E-state index contributed by atoms with van der Waals surface area (Å²) < 4.78 is 14.7. The Morgan fingerprint density at radius 3 is 2.76 bits per heavy atom. The fourth-order valence-corrected chi connectivity index (χ4v) is 2.38. The van der Waals surface area contributed by atoms with E-state index in [1.807, 2.05) is 29.8 Å². The van der Waals surface area contributed by atoms with E-state index in [1.54, 1.807) is 12.4 Å². The second-order valence-electron chi connectivity index (χ2n) is 5.52. The Hall–Kier alpha value is -3.22. The molecule has 0 fully saturated rings. The van der Waals surface area contributed by atoms with Gasteiger partial charge in [0.05, 0.1) is 12.2 Å². The van der Waals surface area contributed by atoms with Crippen molar-refractivity contribution in [3.8, 4) is 11.3 Å². The molecule has 6 nitrogen and oxygen atoms in total. The largest absolute Gasteiger partial charge is 0.336 e. The summed E-state index contributed by atoms with van der Waals surface area (Å²) in [7, 11) is 0. The van der Waals surface area contributed by atoms with E-state index in [2.05, 4.69) is 20.7 Å². The van der Waals surface area contributed by atoms with Gasteiger partial charge in [0.1, 0.15) is 5.82 Å². The second-order valence-corrected chi connectivity index (χ2v) is 5.52. The molecule has 2 aromatic heterocycles. The molecule has 0 atom stereocenters. The molecular weight excluding hydrogens is 321 g/mol. The van der Waals surface area contributed by atoms with Crippen LogP contribution in [0.1, 0.15) is 5.69 Å². The molecule has 0 aliphatic carbocycles. The van der Waals surface area contributed by atoms with Crippen LogP contribution in [0.25, 0.3) is 11.3 Å². The lowest BCUT2D eigenvalue weighted by Gasteiger charge is -2.08. The van der Waals surface area contributed by atoms with Gasteiger partial charge in [-0.1, -0.05) is 0 Å². The Morgan fingerprint density at radius 2 is 2.04 bits per heavy atom. The summed E-state index contributed by atoms with van der Waals surface area (Å²) in [5.41, 5.74) is 3.33. The van der Waals surface area contributed by atoms with E-state index < -0.39 is 0 Å². The summed E-state index contributed by atoms with van der Waals surface area (Å²) in [4.78, 5) is 15.9. The van der Waals surface area contributed by atoms with Crippen LogP contribution in [-0.2, 0) is 6.54 Å². The molecule has 25 heavy (non-hydrogen) atoms. The number of aryl methyl sites for hydroxylation is 1. The van der Waals surface area contributed by atoms with Crippen molar-refractivity contribution in [1.29, 1.82) is 0 Å². The number of carbonyl (C=O) groups excluding carboxylic acids is 1. The minimum Gasteiger partial charge on any atom is -0.336 e. The molecule has 0 spiro atoms. The number of amides is 2. The SMILES string of the molecule is Cc1cc(-c2cccnc2)nn1CCNC(=O)Nc1ccc(F)cc1. The number of pyridine rings is 1. The average molecular weight is 339 g/mol. The van der Waals surface area contributed by atoms with Crippen molar-refractivity contribution >= 4 is 11.7 Å². The van der Waals surface area contributed by atoms with Gasteiger partial charge in [-0.15, -0.1) is 0 Å². The Bertz CT molecular complexity index is 846. The third kappa shape index (κ3) is 4.41. The maximum Gasteiger partial charge on any atom is 0.319 e. The summed E-state index contributed by atoms with van der Waals surface area (Å²) in [6.07, 6.45) is 3.48. The molecule has 0 aliphatic heterocycles. The van der Waals surface area contributed by atoms with E-state index in [-0.39, 0.29) is 11.8 Å². The van der Waals surface area contributed by atoms with Crippen LogP contribution in [0.3, 0.4) is 0 Å². The Balaban J connectivity index is 1.53. The topological polar surface area (TPSA) is 71.8 Å². The predicted molar refractivity (Wildman–Crippen MR) is 93.6 cm³/mol. The number of hydrogen-bond donors (Lipinski definition) is 2. The number of aromatic nitrogens is 3. The third-order valence-corrected chi connectivity index (χ3v) is 3.65. The second kappa shape index (κ2) is 7.57. The van der Waals surface area contributed by atoms with Crippen LogP contribution in [0, 0.1) is 12.7 Å². The molecule has 0 bridgehead atoms. The zero-order chi connectivity index (χ0) is 17.6. The summed E-state index contributed by atoms with van der Waals surface area (Å²) in [5.74, 6) is -0.343. The number of nitrogens with one attached hydrogen (secondary N) is 2. The van der Waals surface area contributed by atoms with E-state index in [4.69, 9.17) is 0 Å². The summed E-state index contributed by atoms with van der Waals surface area (Å²) >= 11 is 0. The normalized spacial score (nSPS) is 10.5. The molecule has 0 saturated carbocycles. The molecule has 2 amide bonds. The van der Waals surface area contributed by atoms with E-state index >= 15 is 0 Å². The van der Waals surface area contributed by atoms with Gasteiger partial charge in [-0.2, -0.15) is 5.10 Å². The number of carbonyl (C=O) groups is 1. The summed E-state index contributed by atoms with van der Waals surface area (Å²) in [6.45, 7) is 2.93. The van der Waals surface area contributed by atoms with Crippen LogP contribution >= 0.6 is 0 Å². The summed E-state index contributed by atoms with van der Waals surface area (Å²) in [5, 5.41) is 9.93. The molecule has 0 unspecified atom stereocenters. The van der Waals surface area contributed by atoms with E-state index in [9.17, 15) is 9.18 Å². The average Bonchev–Trinajstić information content (AvgIpc) is 2.99. The molecular formula is C18H18FN5O. The first kappa shape index (κ1) is 16.6. The van der Waals surface area contributed by atoms with E-state index in [0.717, 1.165) is 17.0 Å². The molecule has 3 rings (SSSR count). The van der Waals surface area contributed by atoms with Crippen molar-refractivity contribution in [3.63, 3.8) is 0 Å². The van der Waals surface area contributed by atoms with E-state index in [0.29, 0.717) is 18.8 Å². The fraction of sp³-hybridized carbons (Fsp3) is 0.167. The molecule has 128 valence electrons. The minimum atomic E-state index is -0.344. The summed E-state index contributed by atoms with van der Waals surface area (Å²) in [6, 6.07) is 11.1. The number of anilines is 1. The van der Waals surface area contributed by atoms with Gasteiger partial charge >= 0.3 is 6.03 Å². The van der Waals surface area contributed by atoms with Crippen molar-refractivity contribution in [2.24, 2.45) is 0 Å². The van der Waals surface area contributed by atoms with Crippen LogP contribution in [0.5, 0.6) is 0 Å². The van der Waals surface area contributed by atoms with Gasteiger partial charge in [0.15, 0.2) is 0 Å². The lowest BCUT2D eigenvalue weighted by molar-refractivity contribution is 0.251. The van der Waals surface area contributed by atoms with Gasteiger partial charge in [-0.05, 0) is 49.4 Å². The maximum absolute atomic E-state index is 12.8. The van der Waals surface area contributed by atoms with Gasteiger partial charge in [-0.3, -0.25) is 9.67 Å². The number of rotatable bonds is 5.